The molecule has 0 aliphatic carbocycles. The maximum absolute atomic E-state index is 13.2. The highest BCUT2D eigenvalue weighted by Gasteiger charge is 2.48. The normalized spacial score (nSPS) is 22.0. The molecule has 4 aromatic carbocycles. The first-order valence-corrected chi connectivity index (χ1v) is 16.1. The van der Waals surface area contributed by atoms with E-state index >= 15 is 0 Å². The lowest BCUT2D eigenvalue weighted by Crippen LogP contribution is -2.59. The molecule has 1 aliphatic rings. The van der Waals surface area contributed by atoms with E-state index in [4.69, 9.17) is 23.7 Å². The van der Waals surface area contributed by atoms with Crippen LogP contribution in [0.5, 0.6) is 0 Å². The molecule has 218 valence electrons. The number of hydrogen-bond acceptors (Lipinski definition) is 6. The van der Waals surface area contributed by atoms with Crippen LogP contribution in [0.15, 0.2) is 115 Å². The van der Waals surface area contributed by atoms with Crippen molar-refractivity contribution >= 4 is 51.2 Å². The maximum Gasteiger partial charge on any atom is 0.341 e. The molecule has 0 unspecified atom stereocenters. The van der Waals surface area contributed by atoms with Crippen molar-refractivity contribution in [3.8, 4) is 0 Å². The van der Waals surface area contributed by atoms with Gasteiger partial charge in [0.1, 0.15) is 22.2 Å². The quantitative estimate of drug-likeness (QED) is 0.0850. The minimum absolute atomic E-state index is 0.236. The minimum atomic E-state index is -0.864. The Hall–Kier alpha value is -2.35. The lowest BCUT2D eigenvalue weighted by molar-refractivity contribution is -0.257. The molecule has 8 heteroatoms. The Morgan fingerprint density at radius 2 is 1.17 bits per heavy atom. The maximum atomic E-state index is 13.2. The summed E-state index contributed by atoms with van der Waals surface area (Å²) >= 11 is 4.40. The molecule has 1 fully saturated rings. The molecule has 0 spiro atoms. The monoisotopic (exact) mass is 790 g/mol. The Bertz CT molecular complexity index is 1390. The number of esters is 1. The van der Waals surface area contributed by atoms with Crippen LogP contribution in [0.3, 0.4) is 0 Å². The summed E-state index contributed by atoms with van der Waals surface area (Å²) in [5.74, 6) is -0.443. The first-order valence-electron chi connectivity index (χ1n) is 13.8. The van der Waals surface area contributed by atoms with E-state index in [9.17, 15) is 4.79 Å². The van der Waals surface area contributed by atoms with Crippen LogP contribution in [0.4, 0.5) is 0 Å². The SMILES string of the molecule is O=C(O[C@H]1O[C@H](COCc2ccccc2)[C@@H](OCc2ccccc2)[C@H](OCc2ccccc2)[C@@H]1I)c1ccccc1I. The molecule has 5 rings (SSSR count). The zero-order valence-corrected chi connectivity index (χ0v) is 27.2. The van der Waals surface area contributed by atoms with Crippen LogP contribution < -0.4 is 0 Å². The first kappa shape index (κ1) is 31.1. The van der Waals surface area contributed by atoms with E-state index in [1.54, 1.807) is 6.07 Å². The summed E-state index contributed by atoms with van der Waals surface area (Å²) in [7, 11) is 0. The van der Waals surface area contributed by atoms with Gasteiger partial charge in [0, 0.05) is 3.57 Å². The summed E-state index contributed by atoms with van der Waals surface area (Å²) in [4.78, 5) is 13.2. The van der Waals surface area contributed by atoms with E-state index in [0.717, 1.165) is 20.3 Å². The molecule has 0 N–H and O–H groups in total. The third-order valence-electron chi connectivity index (χ3n) is 6.85. The molecule has 1 heterocycles. The predicted molar refractivity (Wildman–Crippen MR) is 177 cm³/mol. The largest absolute Gasteiger partial charge is 0.431 e. The molecule has 6 nitrogen and oxygen atoms in total. The fourth-order valence-electron chi connectivity index (χ4n) is 4.68. The molecule has 0 bridgehead atoms. The Balaban J connectivity index is 1.38. The summed E-state index contributed by atoms with van der Waals surface area (Å²) in [5, 5.41) is 0. The Morgan fingerprint density at radius 1 is 0.667 bits per heavy atom. The second-order valence-corrected chi connectivity index (χ2v) is 12.5. The van der Waals surface area contributed by atoms with Crippen LogP contribution in [0.1, 0.15) is 27.0 Å². The van der Waals surface area contributed by atoms with Gasteiger partial charge in [0.25, 0.3) is 0 Å². The van der Waals surface area contributed by atoms with Crippen molar-refractivity contribution in [2.24, 2.45) is 0 Å². The van der Waals surface area contributed by atoms with Gasteiger partial charge < -0.3 is 23.7 Å². The van der Waals surface area contributed by atoms with Gasteiger partial charge in [-0.1, -0.05) is 126 Å². The lowest BCUT2D eigenvalue weighted by Gasteiger charge is -2.44. The summed E-state index contributed by atoms with van der Waals surface area (Å²) in [6, 6.07) is 37.3. The van der Waals surface area contributed by atoms with Crippen molar-refractivity contribution < 1.29 is 28.5 Å². The molecule has 4 aromatic rings. The van der Waals surface area contributed by atoms with E-state index in [1.165, 1.54) is 0 Å². The molecule has 1 saturated heterocycles. The van der Waals surface area contributed by atoms with Crippen molar-refractivity contribution in [1.29, 1.82) is 0 Å². The zero-order valence-electron chi connectivity index (χ0n) is 22.9. The van der Waals surface area contributed by atoms with Gasteiger partial charge >= 0.3 is 5.97 Å². The second-order valence-electron chi connectivity index (χ2n) is 9.90. The molecular formula is C34H32I2O6. The number of halogens is 2. The van der Waals surface area contributed by atoms with E-state index in [0.29, 0.717) is 25.4 Å². The van der Waals surface area contributed by atoms with Crippen molar-refractivity contribution in [2.45, 2.75) is 48.3 Å². The lowest BCUT2D eigenvalue weighted by atomic mass is 10.0. The topological polar surface area (TPSA) is 63.2 Å². The smallest absolute Gasteiger partial charge is 0.341 e. The van der Waals surface area contributed by atoms with E-state index < -0.39 is 30.6 Å². The molecule has 42 heavy (non-hydrogen) atoms. The molecular weight excluding hydrogens is 758 g/mol. The van der Waals surface area contributed by atoms with Gasteiger partial charge in [-0.15, -0.1) is 0 Å². The summed E-state index contributed by atoms with van der Waals surface area (Å²) in [6.07, 6.45) is -2.33. The van der Waals surface area contributed by atoms with E-state index in [-0.39, 0.29) is 10.5 Å². The van der Waals surface area contributed by atoms with Crippen LogP contribution in [0.25, 0.3) is 0 Å². The van der Waals surface area contributed by atoms with Gasteiger partial charge in [-0.25, -0.2) is 4.79 Å². The van der Waals surface area contributed by atoms with Crippen molar-refractivity contribution in [1.82, 2.24) is 0 Å². The molecule has 0 aromatic heterocycles. The highest BCUT2D eigenvalue weighted by atomic mass is 127. The van der Waals surface area contributed by atoms with Gasteiger partial charge in [0.05, 0.1) is 32.0 Å². The predicted octanol–water partition coefficient (Wildman–Crippen LogP) is 7.36. The van der Waals surface area contributed by atoms with Gasteiger partial charge in [-0.2, -0.15) is 0 Å². The molecule has 0 saturated carbocycles. The van der Waals surface area contributed by atoms with E-state index in [1.807, 2.05) is 109 Å². The highest BCUT2D eigenvalue weighted by Crippen LogP contribution is 2.34. The van der Waals surface area contributed by atoms with Crippen molar-refractivity contribution in [3.05, 3.63) is 141 Å². The zero-order chi connectivity index (χ0) is 29.1. The van der Waals surface area contributed by atoms with Gasteiger partial charge in [0.15, 0.2) is 0 Å². The summed E-state index contributed by atoms with van der Waals surface area (Å²) in [6.45, 7) is 1.41. The standard InChI is InChI=1S/C34H32I2O6/c35-28-19-11-10-18-27(28)33(37)42-34-30(36)32(40-22-26-16-8-3-9-17-26)31(39-21-25-14-6-2-7-15-25)29(41-34)23-38-20-24-12-4-1-5-13-24/h1-19,29-32,34H,20-23H2/t29-,30+,31-,32-,34-/m1/s1. The van der Waals surface area contributed by atoms with Crippen LogP contribution in [0.2, 0.25) is 0 Å². The molecule has 1 aliphatic heterocycles. The molecule has 5 atom stereocenters. The highest BCUT2D eigenvalue weighted by molar-refractivity contribution is 14.1. The van der Waals surface area contributed by atoms with Crippen LogP contribution in [-0.4, -0.2) is 41.1 Å². The number of ether oxygens (including phenoxy) is 5. The fourth-order valence-corrected chi connectivity index (χ4v) is 6.23. The third kappa shape index (κ3) is 8.61. The van der Waals surface area contributed by atoms with Crippen LogP contribution >= 0.6 is 45.2 Å². The van der Waals surface area contributed by atoms with Crippen LogP contribution in [0, 0.1) is 3.57 Å². The Kier molecular flexibility index (Phi) is 11.8. The number of rotatable bonds is 12. The van der Waals surface area contributed by atoms with E-state index in [2.05, 4.69) is 45.2 Å². The fraction of sp³-hybridized carbons (Fsp3) is 0.265. The number of alkyl halides is 1. The summed E-state index contributed by atoms with van der Waals surface area (Å²) < 4.78 is 32.2. The first-order chi connectivity index (χ1) is 20.6. The average Bonchev–Trinajstić information content (AvgIpc) is 3.03. The second kappa shape index (κ2) is 15.9. The molecule has 0 radical (unpaired) electrons. The van der Waals surface area contributed by atoms with Gasteiger partial charge in [-0.3, -0.25) is 0 Å². The van der Waals surface area contributed by atoms with Gasteiger partial charge in [0.2, 0.25) is 6.29 Å². The Labute approximate surface area is 273 Å². The van der Waals surface area contributed by atoms with Gasteiger partial charge in [-0.05, 0) is 51.4 Å². The summed E-state index contributed by atoms with van der Waals surface area (Å²) in [5.41, 5.74) is 3.63. The minimum Gasteiger partial charge on any atom is -0.431 e. The average molecular weight is 790 g/mol. The van der Waals surface area contributed by atoms with Crippen LogP contribution in [-0.2, 0) is 43.5 Å². The number of benzene rings is 4. The number of carbonyl (C=O) groups excluding carboxylic acids is 1. The number of hydrogen-bond donors (Lipinski definition) is 0. The third-order valence-corrected chi connectivity index (χ3v) is 9.09. The Morgan fingerprint density at radius 3 is 1.74 bits per heavy atom. The molecule has 0 amide bonds. The van der Waals surface area contributed by atoms with Crippen molar-refractivity contribution in [3.63, 3.8) is 0 Å². The van der Waals surface area contributed by atoms with Crippen molar-refractivity contribution in [2.75, 3.05) is 6.61 Å². The number of carbonyl (C=O) groups is 1.